The molecule has 1 rings (SSSR count). The first-order valence-corrected chi connectivity index (χ1v) is 6.25. The molecule has 14 heavy (non-hydrogen) atoms. The van der Waals surface area contributed by atoms with Crippen molar-refractivity contribution in [2.24, 2.45) is 5.92 Å². The summed E-state index contributed by atoms with van der Waals surface area (Å²) in [6.45, 7) is 5.89. The molecule has 2 unspecified atom stereocenters. The molecule has 0 amide bonds. The average Bonchev–Trinajstić information content (AvgIpc) is 2.63. The van der Waals surface area contributed by atoms with Crippen LogP contribution in [0, 0.1) is 5.92 Å². The standard InChI is InChI=1S/C11H23NOS/c1-10(5-8-14)3-6-12-7-4-11(9-12)13-2/h10-11,14H,3-9H2,1-2H3. The van der Waals surface area contributed by atoms with Crippen LogP contribution >= 0.6 is 12.6 Å². The number of rotatable bonds is 6. The highest BCUT2D eigenvalue weighted by Gasteiger charge is 2.21. The minimum Gasteiger partial charge on any atom is -0.380 e. The van der Waals surface area contributed by atoms with E-state index < -0.39 is 0 Å². The van der Waals surface area contributed by atoms with Gasteiger partial charge in [-0.05, 0) is 37.5 Å². The lowest BCUT2D eigenvalue weighted by molar-refractivity contribution is 0.107. The number of hydrogen-bond acceptors (Lipinski definition) is 3. The van der Waals surface area contributed by atoms with Crippen molar-refractivity contribution in [3.05, 3.63) is 0 Å². The summed E-state index contributed by atoms with van der Waals surface area (Å²) < 4.78 is 5.34. The van der Waals surface area contributed by atoms with Crippen LogP contribution < -0.4 is 0 Å². The zero-order chi connectivity index (χ0) is 10.4. The first-order chi connectivity index (χ1) is 6.76. The molecule has 1 aliphatic rings. The average molecular weight is 217 g/mol. The van der Waals surface area contributed by atoms with Crippen LogP contribution in [0.5, 0.6) is 0 Å². The third kappa shape index (κ3) is 4.20. The second kappa shape index (κ2) is 6.70. The van der Waals surface area contributed by atoms with Crippen molar-refractivity contribution in [2.45, 2.75) is 32.3 Å². The molecule has 1 saturated heterocycles. The molecule has 1 fully saturated rings. The summed E-state index contributed by atoms with van der Waals surface area (Å²) in [7, 11) is 1.82. The first-order valence-electron chi connectivity index (χ1n) is 5.62. The molecular weight excluding hydrogens is 194 g/mol. The number of likely N-dealkylation sites (tertiary alicyclic amines) is 1. The van der Waals surface area contributed by atoms with Gasteiger partial charge in [-0.15, -0.1) is 0 Å². The summed E-state index contributed by atoms with van der Waals surface area (Å²) in [5.74, 6) is 1.83. The van der Waals surface area contributed by atoms with Crippen LogP contribution in [0.3, 0.4) is 0 Å². The van der Waals surface area contributed by atoms with Crippen molar-refractivity contribution >= 4 is 12.6 Å². The van der Waals surface area contributed by atoms with Crippen molar-refractivity contribution < 1.29 is 4.74 Å². The Bertz CT molecular complexity index is 154. The number of methoxy groups -OCH3 is 1. The van der Waals surface area contributed by atoms with E-state index in [0.717, 1.165) is 18.2 Å². The van der Waals surface area contributed by atoms with Gasteiger partial charge in [-0.1, -0.05) is 6.92 Å². The van der Waals surface area contributed by atoms with Crippen molar-refractivity contribution in [3.63, 3.8) is 0 Å². The Kier molecular flexibility index (Phi) is 5.90. The van der Waals surface area contributed by atoms with Crippen molar-refractivity contribution in [1.29, 1.82) is 0 Å². The molecule has 0 aromatic carbocycles. The highest BCUT2D eigenvalue weighted by molar-refractivity contribution is 7.80. The predicted octanol–water partition coefficient (Wildman–Crippen LogP) is 2.05. The van der Waals surface area contributed by atoms with E-state index in [-0.39, 0.29) is 0 Å². The Balaban J connectivity index is 2.07. The molecule has 0 bridgehead atoms. The normalized spacial score (nSPS) is 25.5. The third-order valence-electron chi connectivity index (χ3n) is 3.12. The van der Waals surface area contributed by atoms with Gasteiger partial charge in [-0.25, -0.2) is 0 Å². The van der Waals surface area contributed by atoms with Gasteiger partial charge in [-0.3, -0.25) is 0 Å². The fourth-order valence-corrected chi connectivity index (χ4v) is 2.40. The van der Waals surface area contributed by atoms with Gasteiger partial charge in [0, 0.05) is 20.2 Å². The molecule has 0 aromatic heterocycles. The minimum absolute atomic E-state index is 0.482. The Labute approximate surface area is 93.4 Å². The molecule has 2 nitrogen and oxygen atoms in total. The lowest BCUT2D eigenvalue weighted by Gasteiger charge is -2.18. The Morgan fingerprint density at radius 2 is 2.29 bits per heavy atom. The molecule has 84 valence electrons. The third-order valence-corrected chi connectivity index (χ3v) is 3.38. The van der Waals surface area contributed by atoms with Crippen LogP contribution in [0.4, 0.5) is 0 Å². The number of ether oxygens (including phenoxy) is 1. The SMILES string of the molecule is COC1CCN(CCC(C)CCS)C1. The van der Waals surface area contributed by atoms with E-state index in [0.29, 0.717) is 6.10 Å². The van der Waals surface area contributed by atoms with E-state index in [1.807, 2.05) is 7.11 Å². The van der Waals surface area contributed by atoms with Crippen LogP contribution in [-0.4, -0.2) is 43.5 Å². The van der Waals surface area contributed by atoms with Crippen LogP contribution in [0.25, 0.3) is 0 Å². The van der Waals surface area contributed by atoms with E-state index in [1.54, 1.807) is 0 Å². The maximum absolute atomic E-state index is 5.34. The fourth-order valence-electron chi connectivity index (χ4n) is 1.96. The van der Waals surface area contributed by atoms with Gasteiger partial charge in [0.25, 0.3) is 0 Å². The molecular formula is C11H23NOS. The van der Waals surface area contributed by atoms with Gasteiger partial charge in [0.05, 0.1) is 6.10 Å². The van der Waals surface area contributed by atoms with Gasteiger partial charge in [0.1, 0.15) is 0 Å². The summed E-state index contributed by atoms with van der Waals surface area (Å²) in [5, 5.41) is 0. The summed E-state index contributed by atoms with van der Waals surface area (Å²) in [6.07, 6.45) is 4.23. The molecule has 2 atom stereocenters. The molecule has 0 N–H and O–H groups in total. The van der Waals surface area contributed by atoms with Gasteiger partial charge in [0.15, 0.2) is 0 Å². The van der Waals surface area contributed by atoms with Crippen LogP contribution in [0.2, 0.25) is 0 Å². The predicted molar refractivity (Wildman–Crippen MR) is 64.1 cm³/mol. The molecule has 0 spiro atoms. The maximum Gasteiger partial charge on any atom is 0.0710 e. The first kappa shape index (κ1) is 12.3. The molecule has 1 aliphatic heterocycles. The fraction of sp³-hybridized carbons (Fsp3) is 1.00. The van der Waals surface area contributed by atoms with E-state index >= 15 is 0 Å². The Hall–Kier alpha value is 0.270. The van der Waals surface area contributed by atoms with Crippen LogP contribution in [0.15, 0.2) is 0 Å². The molecule has 3 heteroatoms. The van der Waals surface area contributed by atoms with Crippen molar-refractivity contribution in [2.75, 3.05) is 32.5 Å². The Morgan fingerprint density at radius 3 is 2.86 bits per heavy atom. The number of hydrogen-bond donors (Lipinski definition) is 1. The topological polar surface area (TPSA) is 12.5 Å². The maximum atomic E-state index is 5.34. The molecule has 0 aromatic rings. The second-order valence-electron chi connectivity index (χ2n) is 4.35. The van der Waals surface area contributed by atoms with Gasteiger partial charge in [-0.2, -0.15) is 12.6 Å². The minimum atomic E-state index is 0.482. The summed E-state index contributed by atoms with van der Waals surface area (Å²) >= 11 is 4.26. The van der Waals surface area contributed by atoms with Gasteiger partial charge < -0.3 is 9.64 Å². The second-order valence-corrected chi connectivity index (χ2v) is 4.80. The number of thiol groups is 1. The smallest absolute Gasteiger partial charge is 0.0710 e. The summed E-state index contributed by atoms with van der Waals surface area (Å²) in [4.78, 5) is 2.52. The lowest BCUT2D eigenvalue weighted by Crippen LogP contribution is -2.25. The largest absolute Gasteiger partial charge is 0.380 e. The molecule has 0 saturated carbocycles. The summed E-state index contributed by atoms with van der Waals surface area (Å²) in [5.41, 5.74) is 0. The zero-order valence-corrected chi connectivity index (χ0v) is 10.3. The highest BCUT2D eigenvalue weighted by Crippen LogP contribution is 2.15. The molecule has 0 radical (unpaired) electrons. The van der Waals surface area contributed by atoms with Gasteiger partial charge in [0.2, 0.25) is 0 Å². The Morgan fingerprint density at radius 1 is 1.50 bits per heavy atom. The van der Waals surface area contributed by atoms with Crippen molar-refractivity contribution in [1.82, 2.24) is 4.90 Å². The van der Waals surface area contributed by atoms with Crippen molar-refractivity contribution in [3.8, 4) is 0 Å². The van der Waals surface area contributed by atoms with E-state index in [4.69, 9.17) is 4.74 Å². The number of nitrogens with zero attached hydrogens (tertiary/aromatic N) is 1. The van der Waals surface area contributed by atoms with E-state index in [2.05, 4.69) is 24.5 Å². The summed E-state index contributed by atoms with van der Waals surface area (Å²) in [6, 6.07) is 0. The van der Waals surface area contributed by atoms with Crippen LogP contribution in [-0.2, 0) is 4.74 Å². The van der Waals surface area contributed by atoms with E-state index in [9.17, 15) is 0 Å². The highest BCUT2D eigenvalue weighted by atomic mass is 32.1. The molecule has 0 aliphatic carbocycles. The quantitative estimate of drug-likeness (QED) is 0.684. The monoisotopic (exact) mass is 217 g/mol. The molecule has 1 heterocycles. The van der Waals surface area contributed by atoms with Crippen LogP contribution in [0.1, 0.15) is 26.2 Å². The van der Waals surface area contributed by atoms with E-state index in [1.165, 1.54) is 32.4 Å². The zero-order valence-electron chi connectivity index (χ0n) is 9.41. The van der Waals surface area contributed by atoms with Gasteiger partial charge >= 0.3 is 0 Å². The lowest BCUT2D eigenvalue weighted by atomic mass is 10.1.